The van der Waals surface area contributed by atoms with E-state index in [4.69, 9.17) is 49.8 Å². The van der Waals surface area contributed by atoms with Gasteiger partial charge in [-0.25, -0.2) is 0 Å². The molecule has 3 saturated carbocycles. The van der Waals surface area contributed by atoms with E-state index in [-0.39, 0.29) is 22.9 Å². The van der Waals surface area contributed by atoms with E-state index >= 15 is 0 Å². The highest BCUT2D eigenvalue weighted by Crippen LogP contribution is 2.65. The van der Waals surface area contributed by atoms with Gasteiger partial charge in [-0.3, -0.25) is 0 Å². The molecule has 3 aliphatic rings. The molecule has 5 nitrogen and oxygen atoms in total. The van der Waals surface area contributed by atoms with Gasteiger partial charge in [-0.15, -0.1) is 23.2 Å². The Hall–Kier alpha value is -1.01. The van der Waals surface area contributed by atoms with Crippen molar-refractivity contribution in [2.75, 3.05) is 5.34 Å². The van der Waals surface area contributed by atoms with Gasteiger partial charge in [0.05, 0.1) is 10.8 Å². The second-order valence-corrected chi connectivity index (χ2v) is 7.28. The van der Waals surface area contributed by atoms with Crippen molar-refractivity contribution >= 4 is 34.8 Å². The number of aromatic nitrogens is 2. The van der Waals surface area contributed by atoms with E-state index in [0.717, 1.165) is 25.0 Å². The molecule has 23 heavy (non-hydrogen) atoms. The average molecular weight is 377 g/mol. The summed E-state index contributed by atoms with van der Waals surface area (Å²) in [7, 11) is 0. The van der Waals surface area contributed by atoms with Crippen LogP contribution < -0.4 is 10.5 Å². The minimum absolute atomic E-state index is 0.0362. The number of halogens is 3. The van der Waals surface area contributed by atoms with Gasteiger partial charge in [0, 0.05) is 10.6 Å². The quantitative estimate of drug-likeness (QED) is 0.820. The lowest BCUT2D eigenvalue weighted by molar-refractivity contribution is -0.0793. The molecule has 0 amide bonds. The number of alkyl halides is 2. The molecule has 0 radical (unpaired) electrons. The maximum absolute atomic E-state index is 6.04. The standard InChI is InChI=1S/C14H14ClN3O2.CH2Cl2/c15-9-1-3-10(4-2-9)19-5-11-17-12(20-18-11)13-6-14(16,7-13)8-13;2-1-3/h1-4H,5-8,16H2;1H2. The number of hydrogen-bond acceptors (Lipinski definition) is 5. The normalized spacial score (nSPS) is 27.3. The lowest BCUT2D eigenvalue weighted by Crippen LogP contribution is -2.74. The molecule has 0 aliphatic heterocycles. The molecule has 0 atom stereocenters. The SMILES string of the molecule is ClCCl.NC12CC(c3nc(COc4ccc(Cl)cc4)no3)(C1)C2. The Bertz CT molecular complexity index is 655. The molecule has 0 saturated heterocycles. The first-order valence-corrected chi connectivity index (χ1v) is 8.56. The van der Waals surface area contributed by atoms with Gasteiger partial charge in [-0.1, -0.05) is 16.8 Å². The van der Waals surface area contributed by atoms with Gasteiger partial charge in [0.15, 0.2) is 6.61 Å². The molecule has 2 N–H and O–H groups in total. The second-order valence-electron chi connectivity index (χ2n) is 6.03. The molecule has 0 unspecified atom stereocenters. The molecule has 8 heteroatoms. The summed E-state index contributed by atoms with van der Waals surface area (Å²) in [6.45, 7) is 0.287. The second kappa shape index (κ2) is 6.48. The summed E-state index contributed by atoms with van der Waals surface area (Å²) in [5.74, 6) is 2.00. The molecule has 0 spiro atoms. The van der Waals surface area contributed by atoms with E-state index in [1.54, 1.807) is 12.1 Å². The van der Waals surface area contributed by atoms with Crippen molar-refractivity contribution in [1.82, 2.24) is 10.1 Å². The van der Waals surface area contributed by atoms with Crippen LogP contribution in [0.3, 0.4) is 0 Å². The van der Waals surface area contributed by atoms with Crippen LogP contribution in [-0.2, 0) is 12.0 Å². The molecule has 5 rings (SSSR count). The summed E-state index contributed by atoms with van der Waals surface area (Å²) in [6, 6.07) is 7.17. The van der Waals surface area contributed by atoms with Crippen LogP contribution in [0, 0.1) is 0 Å². The summed E-state index contributed by atoms with van der Waals surface area (Å²) >= 11 is 15.3. The van der Waals surface area contributed by atoms with E-state index in [0.29, 0.717) is 16.7 Å². The zero-order valence-corrected chi connectivity index (χ0v) is 14.5. The highest BCUT2D eigenvalue weighted by Gasteiger charge is 2.69. The maximum atomic E-state index is 6.04. The fraction of sp³-hybridized carbons (Fsp3) is 0.467. The number of ether oxygens (including phenoxy) is 1. The fourth-order valence-corrected chi connectivity index (χ4v) is 3.43. The molecule has 1 aromatic heterocycles. The summed E-state index contributed by atoms with van der Waals surface area (Å²) in [4.78, 5) is 4.42. The summed E-state index contributed by atoms with van der Waals surface area (Å²) < 4.78 is 10.9. The third-order valence-electron chi connectivity index (χ3n) is 4.17. The van der Waals surface area contributed by atoms with Crippen LogP contribution in [0.2, 0.25) is 5.02 Å². The number of nitrogens with zero attached hydrogens (tertiary/aromatic N) is 2. The van der Waals surface area contributed by atoms with Crippen molar-refractivity contribution in [2.45, 2.75) is 36.8 Å². The zero-order valence-electron chi connectivity index (χ0n) is 12.3. The highest BCUT2D eigenvalue weighted by atomic mass is 35.5. The number of benzene rings is 1. The fourth-order valence-electron chi connectivity index (χ4n) is 3.30. The van der Waals surface area contributed by atoms with Gasteiger partial charge in [-0.05, 0) is 43.5 Å². The van der Waals surface area contributed by atoms with Crippen molar-refractivity contribution in [3.8, 4) is 5.75 Å². The number of rotatable bonds is 4. The predicted octanol–water partition coefficient (Wildman–Crippen LogP) is 3.86. The zero-order chi connectivity index (χ0) is 16.5. The highest BCUT2D eigenvalue weighted by molar-refractivity contribution is 6.40. The lowest BCUT2D eigenvalue weighted by atomic mass is 9.40. The maximum Gasteiger partial charge on any atom is 0.233 e. The van der Waals surface area contributed by atoms with Crippen molar-refractivity contribution in [3.63, 3.8) is 0 Å². The first kappa shape index (κ1) is 16.8. The van der Waals surface area contributed by atoms with Crippen LogP contribution in [0.15, 0.2) is 28.8 Å². The summed E-state index contributed by atoms with van der Waals surface area (Å²) in [5, 5.41) is 4.84. The minimum Gasteiger partial charge on any atom is -0.485 e. The van der Waals surface area contributed by atoms with E-state index in [2.05, 4.69) is 10.1 Å². The molecular weight excluding hydrogens is 361 g/mol. The summed E-state index contributed by atoms with van der Waals surface area (Å²) in [6.07, 6.45) is 2.87. The van der Waals surface area contributed by atoms with E-state index < -0.39 is 0 Å². The topological polar surface area (TPSA) is 74.2 Å². The van der Waals surface area contributed by atoms with Gasteiger partial charge >= 0.3 is 0 Å². The van der Waals surface area contributed by atoms with Gasteiger partial charge in [0.25, 0.3) is 0 Å². The van der Waals surface area contributed by atoms with Crippen molar-refractivity contribution in [2.24, 2.45) is 5.73 Å². The Morgan fingerprint density at radius 2 is 1.78 bits per heavy atom. The van der Waals surface area contributed by atoms with Crippen molar-refractivity contribution in [3.05, 3.63) is 41.0 Å². The van der Waals surface area contributed by atoms with Gasteiger partial charge in [0.1, 0.15) is 5.75 Å². The Morgan fingerprint density at radius 3 is 2.35 bits per heavy atom. The molecule has 1 heterocycles. The summed E-state index contributed by atoms with van der Waals surface area (Å²) in [5.41, 5.74) is 6.13. The van der Waals surface area contributed by atoms with Crippen LogP contribution in [0.25, 0.3) is 0 Å². The van der Waals surface area contributed by atoms with Crippen molar-refractivity contribution in [1.29, 1.82) is 0 Å². The monoisotopic (exact) mass is 375 g/mol. The van der Waals surface area contributed by atoms with Crippen LogP contribution in [0.1, 0.15) is 31.0 Å². The minimum atomic E-state index is 0.0362. The first-order chi connectivity index (χ1) is 11.0. The molecule has 2 bridgehead atoms. The van der Waals surface area contributed by atoms with E-state index in [1.807, 2.05) is 12.1 Å². The van der Waals surface area contributed by atoms with Gasteiger partial charge < -0.3 is 15.0 Å². The van der Waals surface area contributed by atoms with Crippen LogP contribution >= 0.6 is 34.8 Å². The van der Waals surface area contributed by atoms with E-state index in [9.17, 15) is 0 Å². The Balaban J connectivity index is 0.000000485. The molecular formula is C15H16Cl3N3O2. The number of hydrogen-bond donors (Lipinski definition) is 1. The van der Waals surface area contributed by atoms with Crippen LogP contribution in [-0.4, -0.2) is 21.0 Å². The van der Waals surface area contributed by atoms with Gasteiger partial charge in [-0.2, -0.15) is 4.98 Å². The smallest absolute Gasteiger partial charge is 0.233 e. The molecule has 1 aromatic carbocycles. The number of nitrogens with two attached hydrogens (primary N) is 1. The largest absolute Gasteiger partial charge is 0.485 e. The Kier molecular flexibility index (Phi) is 4.74. The Morgan fingerprint density at radius 1 is 1.17 bits per heavy atom. The molecule has 2 aromatic rings. The lowest BCUT2D eigenvalue weighted by Gasteiger charge is -2.66. The third kappa shape index (κ3) is 3.43. The third-order valence-corrected chi connectivity index (χ3v) is 4.43. The predicted molar refractivity (Wildman–Crippen MR) is 89.1 cm³/mol. The van der Waals surface area contributed by atoms with Crippen molar-refractivity contribution < 1.29 is 9.26 Å². The Labute approximate surface area is 149 Å². The average Bonchev–Trinajstić information content (AvgIpc) is 2.92. The first-order valence-electron chi connectivity index (χ1n) is 7.11. The van der Waals surface area contributed by atoms with Gasteiger partial charge in [0.2, 0.25) is 11.7 Å². The van der Waals surface area contributed by atoms with Crippen LogP contribution in [0.4, 0.5) is 0 Å². The molecule has 3 aliphatic carbocycles. The molecule has 124 valence electrons. The van der Waals surface area contributed by atoms with E-state index in [1.165, 1.54) is 0 Å². The molecule has 3 fully saturated rings. The van der Waals surface area contributed by atoms with Crippen LogP contribution in [0.5, 0.6) is 5.75 Å².